The van der Waals surface area contributed by atoms with Crippen LogP contribution >= 0.6 is 0 Å². The Labute approximate surface area is 125 Å². The van der Waals surface area contributed by atoms with Crippen LogP contribution in [0.2, 0.25) is 0 Å². The molecular weight excluding hydrogens is 264 g/mol. The zero-order valence-corrected chi connectivity index (χ0v) is 12.5. The standard InChI is InChI=1S/C17H22N2O2/c1-12(14-5-7-15(18)8-6-14)10-17(20)19-13(2)11-16-4-3-9-21-16/h3-9,12-13H,10-11,18H2,1-2H3,(H,19,20). The maximum Gasteiger partial charge on any atom is 0.220 e. The van der Waals surface area contributed by atoms with Crippen molar-refractivity contribution in [1.82, 2.24) is 5.32 Å². The van der Waals surface area contributed by atoms with E-state index in [4.69, 9.17) is 10.2 Å². The van der Waals surface area contributed by atoms with Crippen molar-refractivity contribution in [1.29, 1.82) is 0 Å². The second-order valence-corrected chi connectivity index (χ2v) is 5.52. The van der Waals surface area contributed by atoms with Gasteiger partial charge in [-0.1, -0.05) is 19.1 Å². The fraction of sp³-hybridized carbons (Fsp3) is 0.353. The zero-order valence-electron chi connectivity index (χ0n) is 12.5. The minimum atomic E-state index is 0.0541. The molecule has 2 atom stereocenters. The third-order valence-corrected chi connectivity index (χ3v) is 3.49. The topological polar surface area (TPSA) is 68.3 Å². The average molecular weight is 286 g/mol. The molecule has 1 heterocycles. The van der Waals surface area contributed by atoms with Crippen LogP contribution in [0.25, 0.3) is 0 Å². The molecule has 112 valence electrons. The summed E-state index contributed by atoms with van der Waals surface area (Å²) in [4.78, 5) is 12.1. The van der Waals surface area contributed by atoms with Crippen molar-refractivity contribution in [2.75, 3.05) is 5.73 Å². The highest BCUT2D eigenvalue weighted by Crippen LogP contribution is 2.20. The Hall–Kier alpha value is -2.23. The number of nitrogens with one attached hydrogen (secondary N) is 1. The monoisotopic (exact) mass is 286 g/mol. The number of hydrogen-bond acceptors (Lipinski definition) is 3. The number of furan rings is 1. The van der Waals surface area contributed by atoms with Crippen LogP contribution in [0.1, 0.15) is 37.5 Å². The van der Waals surface area contributed by atoms with Crippen LogP contribution in [-0.2, 0) is 11.2 Å². The molecule has 2 rings (SSSR count). The summed E-state index contributed by atoms with van der Waals surface area (Å²) in [5, 5.41) is 3.01. The molecule has 0 radical (unpaired) electrons. The second kappa shape index (κ2) is 6.97. The van der Waals surface area contributed by atoms with E-state index >= 15 is 0 Å². The van der Waals surface area contributed by atoms with Crippen molar-refractivity contribution >= 4 is 11.6 Å². The van der Waals surface area contributed by atoms with Crippen molar-refractivity contribution in [3.05, 3.63) is 54.0 Å². The number of anilines is 1. The summed E-state index contributed by atoms with van der Waals surface area (Å²) in [6.45, 7) is 4.02. The van der Waals surface area contributed by atoms with E-state index < -0.39 is 0 Å². The zero-order chi connectivity index (χ0) is 15.2. The molecule has 0 saturated carbocycles. The Morgan fingerprint density at radius 2 is 1.95 bits per heavy atom. The lowest BCUT2D eigenvalue weighted by molar-refractivity contribution is -0.122. The molecule has 2 unspecified atom stereocenters. The van der Waals surface area contributed by atoms with Crippen LogP contribution in [0, 0.1) is 0 Å². The number of carbonyl (C=O) groups excluding carboxylic acids is 1. The van der Waals surface area contributed by atoms with E-state index in [0.29, 0.717) is 12.8 Å². The van der Waals surface area contributed by atoms with Crippen LogP contribution < -0.4 is 11.1 Å². The number of nitrogens with two attached hydrogens (primary N) is 1. The molecule has 0 saturated heterocycles. The van der Waals surface area contributed by atoms with E-state index in [0.717, 1.165) is 17.0 Å². The Bertz CT molecular complexity index is 561. The fourth-order valence-electron chi connectivity index (χ4n) is 2.34. The van der Waals surface area contributed by atoms with Gasteiger partial charge in [0.25, 0.3) is 0 Å². The molecule has 1 amide bonds. The highest BCUT2D eigenvalue weighted by molar-refractivity contribution is 5.77. The molecule has 0 fully saturated rings. The summed E-state index contributed by atoms with van der Waals surface area (Å²) < 4.78 is 5.28. The first kappa shape index (κ1) is 15.2. The third kappa shape index (κ3) is 4.67. The van der Waals surface area contributed by atoms with Gasteiger partial charge in [-0.05, 0) is 42.7 Å². The second-order valence-electron chi connectivity index (χ2n) is 5.52. The van der Waals surface area contributed by atoms with E-state index in [1.807, 2.05) is 50.2 Å². The summed E-state index contributed by atoms with van der Waals surface area (Å²) in [6.07, 6.45) is 2.81. The molecule has 0 aliphatic rings. The van der Waals surface area contributed by atoms with Gasteiger partial charge in [-0.2, -0.15) is 0 Å². The molecule has 1 aromatic heterocycles. The summed E-state index contributed by atoms with van der Waals surface area (Å²) in [5.41, 5.74) is 7.53. The van der Waals surface area contributed by atoms with E-state index in [1.165, 1.54) is 0 Å². The Morgan fingerprint density at radius 1 is 1.24 bits per heavy atom. The Morgan fingerprint density at radius 3 is 2.57 bits per heavy atom. The van der Waals surface area contributed by atoms with Gasteiger partial charge in [0.1, 0.15) is 5.76 Å². The Balaban J connectivity index is 1.82. The van der Waals surface area contributed by atoms with Crippen molar-refractivity contribution in [3.63, 3.8) is 0 Å². The normalized spacial score (nSPS) is 13.6. The minimum absolute atomic E-state index is 0.0541. The van der Waals surface area contributed by atoms with E-state index in [9.17, 15) is 4.79 Å². The molecule has 21 heavy (non-hydrogen) atoms. The summed E-state index contributed by atoms with van der Waals surface area (Å²) in [5.74, 6) is 1.11. The SMILES string of the molecule is CC(Cc1ccco1)NC(=O)CC(C)c1ccc(N)cc1. The van der Waals surface area contributed by atoms with Crippen molar-refractivity contribution in [2.24, 2.45) is 0 Å². The molecule has 2 aromatic rings. The lowest BCUT2D eigenvalue weighted by atomic mass is 9.97. The number of nitrogen functional groups attached to an aromatic ring is 1. The number of rotatable bonds is 6. The minimum Gasteiger partial charge on any atom is -0.469 e. The maximum absolute atomic E-state index is 12.1. The van der Waals surface area contributed by atoms with Gasteiger partial charge in [-0.15, -0.1) is 0 Å². The van der Waals surface area contributed by atoms with Gasteiger partial charge < -0.3 is 15.5 Å². The summed E-state index contributed by atoms with van der Waals surface area (Å²) in [7, 11) is 0. The van der Waals surface area contributed by atoms with Crippen LogP contribution in [0.15, 0.2) is 47.1 Å². The Kier molecular flexibility index (Phi) is 5.04. The lowest BCUT2D eigenvalue weighted by Gasteiger charge is -2.16. The maximum atomic E-state index is 12.1. The van der Waals surface area contributed by atoms with Gasteiger partial charge in [0, 0.05) is 24.6 Å². The first-order valence-electron chi connectivity index (χ1n) is 7.21. The molecule has 4 nitrogen and oxygen atoms in total. The molecule has 0 spiro atoms. The molecule has 3 N–H and O–H groups in total. The number of hydrogen-bond donors (Lipinski definition) is 2. The molecule has 0 aliphatic carbocycles. The van der Waals surface area contributed by atoms with Gasteiger partial charge >= 0.3 is 0 Å². The van der Waals surface area contributed by atoms with Gasteiger partial charge in [-0.25, -0.2) is 0 Å². The number of carbonyl (C=O) groups is 1. The smallest absolute Gasteiger partial charge is 0.220 e. The lowest BCUT2D eigenvalue weighted by Crippen LogP contribution is -2.34. The molecule has 1 aromatic carbocycles. The van der Waals surface area contributed by atoms with Crippen molar-refractivity contribution < 1.29 is 9.21 Å². The number of amides is 1. The van der Waals surface area contributed by atoms with Gasteiger partial charge in [0.15, 0.2) is 0 Å². The predicted molar refractivity (Wildman–Crippen MR) is 83.9 cm³/mol. The average Bonchev–Trinajstić information content (AvgIpc) is 2.91. The summed E-state index contributed by atoms with van der Waals surface area (Å²) >= 11 is 0. The van der Waals surface area contributed by atoms with E-state index in [2.05, 4.69) is 5.32 Å². The van der Waals surface area contributed by atoms with Crippen molar-refractivity contribution in [2.45, 2.75) is 38.6 Å². The molecule has 0 bridgehead atoms. The largest absolute Gasteiger partial charge is 0.469 e. The van der Waals surface area contributed by atoms with Crippen LogP contribution in [0.4, 0.5) is 5.69 Å². The molecular formula is C17H22N2O2. The van der Waals surface area contributed by atoms with E-state index in [-0.39, 0.29) is 17.9 Å². The van der Waals surface area contributed by atoms with Crippen LogP contribution in [-0.4, -0.2) is 11.9 Å². The predicted octanol–water partition coefficient (Wildman–Crippen LogP) is 3.10. The fourth-order valence-corrected chi connectivity index (χ4v) is 2.34. The van der Waals surface area contributed by atoms with Crippen molar-refractivity contribution in [3.8, 4) is 0 Å². The first-order chi connectivity index (χ1) is 10.0. The summed E-state index contributed by atoms with van der Waals surface area (Å²) in [6, 6.07) is 11.5. The van der Waals surface area contributed by atoms with Gasteiger partial charge in [-0.3, -0.25) is 4.79 Å². The van der Waals surface area contributed by atoms with Crippen LogP contribution in [0.5, 0.6) is 0 Å². The highest BCUT2D eigenvalue weighted by Gasteiger charge is 2.14. The third-order valence-electron chi connectivity index (χ3n) is 3.49. The van der Waals surface area contributed by atoms with Crippen LogP contribution in [0.3, 0.4) is 0 Å². The van der Waals surface area contributed by atoms with E-state index in [1.54, 1.807) is 6.26 Å². The molecule has 4 heteroatoms. The first-order valence-corrected chi connectivity index (χ1v) is 7.21. The highest BCUT2D eigenvalue weighted by atomic mass is 16.3. The molecule has 0 aliphatic heterocycles. The quantitative estimate of drug-likeness (QED) is 0.802. The number of benzene rings is 1. The van der Waals surface area contributed by atoms with Gasteiger partial charge in [0.05, 0.1) is 6.26 Å². The van der Waals surface area contributed by atoms with Gasteiger partial charge in [0.2, 0.25) is 5.91 Å².